The normalized spacial score (nSPS) is 10.2. The molecule has 0 aliphatic rings. The summed E-state index contributed by atoms with van der Waals surface area (Å²) in [6, 6.07) is 6.23. The Morgan fingerprint density at radius 2 is 2.16 bits per heavy atom. The second kappa shape index (κ2) is 6.04. The van der Waals surface area contributed by atoms with Crippen molar-refractivity contribution in [3.63, 3.8) is 0 Å². The topological polar surface area (TPSA) is 59.4 Å². The Morgan fingerprint density at radius 1 is 1.37 bits per heavy atom. The molecule has 0 amide bonds. The number of aromatic carboxylic acids is 1. The van der Waals surface area contributed by atoms with Crippen molar-refractivity contribution < 1.29 is 14.6 Å². The second-order valence-electron chi connectivity index (χ2n) is 3.75. The van der Waals surface area contributed by atoms with E-state index >= 15 is 0 Å². The van der Waals surface area contributed by atoms with Gasteiger partial charge >= 0.3 is 5.97 Å². The fourth-order valence-corrected chi connectivity index (χ4v) is 2.09. The van der Waals surface area contributed by atoms with E-state index in [4.69, 9.17) is 21.4 Å². The SMILES string of the molecule is O=C(O)c1ccc(OCc2cncc(Br)c2)c(Cl)c1. The van der Waals surface area contributed by atoms with E-state index in [9.17, 15) is 4.79 Å². The number of carbonyl (C=O) groups is 1. The Labute approximate surface area is 123 Å². The standard InChI is InChI=1S/C13H9BrClNO3/c14-10-3-8(5-16-6-10)7-19-12-2-1-9(13(17)18)4-11(12)15/h1-6H,7H2,(H,17,18). The van der Waals surface area contributed by atoms with Crippen LogP contribution in [-0.4, -0.2) is 16.1 Å². The van der Waals surface area contributed by atoms with Crippen LogP contribution in [0.25, 0.3) is 0 Å². The summed E-state index contributed by atoms with van der Waals surface area (Å²) in [6.07, 6.45) is 3.36. The third kappa shape index (κ3) is 3.68. The van der Waals surface area contributed by atoms with Gasteiger partial charge in [-0.15, -0.1) is 0 Å². The van der Waals surface area contributed by atoms with Crippen molar-refractivity contribution in [3.8, 4) is 5.75 Å². The van der Waals surface area contributed by atoms with Crippen LogP contribution in [0.4, 0.5) is 0 Å². The zero-order valence-electron chi connectivity index (χ0n) is 9.64. The number of hydrogen-bond acceptors (Lipinski definition) is 3. The minimum absolute atomic E-state index is 0.126. The maximum absolute atomic E-state index is 10.8. The predicted molar refractivity (Wildman–Crippen MR) is 74.7 cm³/mol. The Balaban J connectivity index is 2.10. The van der Waals surface area contributed by atoms with E-state index in [0.717, 1.165) is 10.0 Å². The molecule has 1 heterocycles. The molecule has 0 saturated carbocycles. The molecule has 1 N–H and O–H groups in total. The molecule has 2 rings (SSSR count). The fraction of sp³-hybridized carbons (Fsp3) is 0.0769. The molecule has 0 spiro atoms. The van der Waals surface area contributed by atoms with Crippen LogP contribution in [0.3, 0.4) is 0 Å². The fourth-order valence-electron chi connectivity index (χ4n) is 1.45. The summed E-state index contributed by atoms with van der Waals surface area (Å²) in [5, 5.41) is 9.09. The Hall–Kier alpha value is -1.59. The van der Waals surface area contributed by atoms with E-state index in [0.29, 0.717) is 12.4 Å². The summed E-state index contributed by atoms with van der Waals surface area (Å²) in [5.74, 6) is -0.587. The van der Waals surface area contributed by atoms with Crippen molar-refractivity contribution in [2.24, 2.45) is 0 Å². The van der Waals surface area contributed by atoms with Gasteiger partial charge in [0.05, 0.1) is 10.6 Å². The Kier molecular flexibility index (Phi) is 4.39. The van der Waals surface area contributed by atoms with Gasteiger partial charge < -0.3 is 9.84 Å². The molecule has 98 valence electrons. The number of hydrogen-bond donors (Lipinski definition) is 1. The van der Waals surface area contributed by atoms with Crippen molar-refractivity contribution in [2.75, 3.05) is 0 Å². The number of rotatable bonds is 4. The summed E-state index contributed by atoms with van der Waals surface area (Å²) in [7, 11) is 0. The minimum atomic E-state index is -1.02. The molecule has 0 aliphatic carbocycles. The first kappa shape index (κ1) is 13.8. The molecule has 1 aromatic heterocycles. The number of pyridine rings is 1. The Morgan fingerprint density at radius 3 is 2.79 bits per heavy atom. The highest BCUT2D eigenvalue weighted by atomic mass is 79.9. The number of carboxylic acids is 1. The molecule has 2 aromatic rings. The van der Waals surface area contributed by atoms with Crippen molar-refractivity contribution >= 4 is 33.5 Å². The molecular formula is C13H9BrClNO3. The molecule has 6 heteroatoms. The van der Waals surface area contributed by atoms with E-state index in [-0.39, 0.29) is 10.6 Å². The highest BCUT2D eigenvalue weighted by Gasteiger charge is 2.08. The smallest absolute Gasteiger partial charge is 0.335 e. The number of halogens is 2. The van der Waals surface area contributed by atoms with Crippen molar-refractivity contribution in [3.05, 3.63) is 57.3 Å². The largest absolute Gasteiger partial charge is 0.487 e. The van der Waals surface area contributed by atoms with Gasteiger partial charge in [0, 0.05) is 22.4 Å². The number of benzene rings is 1. The Bertz CT molecular complexity index is 619. The average molecular weight is 343 g/mol. The molecule has 0 radical (unpaired) electrons. The lowest BCUT2D eigenvalue weighted by Crippen LogP contribution is -1.99. The average Bonchev–Trinajstić information content (AvgIpc) is 2.37. The van der Waals surface area contributed by atoms with Crippen LogP contribution < -0.4 is 4.74 Å². The first-order chi connectivity index (χ1) is 9.06. The zero-order valence-corrected chi connectivity index (χ0v) is 12.0. The van der Waals surface area contributed by atoms with Crippen LogP contribution in [0.1, 0.15) is 15.9 Å². The highest BCUT2D eigenvalue weighted by Crippen LogP contribution is 2.26. The lowest BCUT2D eigenvalue weighted by molar-refractivity contribution is 0.0697. The van der Waals surface area contributed by atoms with Crippen LogP contribution in [0.15, 0.2) is 41.1 Å². The van der Waals surface area contributed by atoms with Gasteiger partial charge in [0.1, 0.15) is 12.4 Å². The van der Waals surface area contributed by atoms with Gasteiger partial charge in [-0.2, -0.15) is 0 Å². The van der Waals surface area contributed by atoms with Gasteiger partial charge in [-0.25, -0.2) is 4.79 Å². The van der Waals surface area contributed by atoms with Crippen molar-refractivity contribution in [1.82, 2.24) is 4.98 Å². The van der Waals surface area contributed by atoms with Crippen molar-refractivity contribution in [1.29, 1.82) is 0 Å². The van der Waals surface area contributed by atoms with E-state index in [1.54, 1.807) is 12.4 Å². The molecular weight excluding hydrogens is 334 g/mol. The quantitative estimate of drug-likeness (QED) is 0.918. The first-order valence-electron chi connectivity index (χ1n) is 5.31. The molecule has 0 aliphatic heterocycles. The number of aromatic nitrogens is 1. The van der Waals surface area contributed by atoms with Crippen molar-refractivity contribution in [2.45, 2.75) is 6.61 Å². The summed E-state index contributed by atoms with van der Waals surface area (Å²) >= 11 is 9.28. The monoisotopic (exact) mass is 341 g/mol. The molecule has 19 heavy (non-hydrogen) atoms. The lowest BCUT2D eigenvalue weighted by atomic mass is 10.2. The van der Waals surface area contributed by atoms with Gasteiger partial charge in [0.2, 0.25) is 0 Å². The predicted octanol–water partition coefficient (Wildman–Crippen LogP) is 3.77. The highest BCUT2D eigenvalue weighted by molar-refractivity contribution is 9.10. The summed E-state index contributed by atoms with van der Waals surface area (Å²) in [5.41, 5.74) is 1.01. The van der Waals surface area contributed by atoms with Gasteiger partial charge in [-0.05, 0) is 40.2 Å². The van der Waals surface area contributed by atoms with Gasteiger partial charge in [0.15, 0.2) is 0 Å². The summed E-state index contributed by atoms with van der Waals surface area (Å²) in [4.78, 5) is 14.8. The lowest BCUT2D eigenvalue weighted by Gasteiger charge is -2.08. The van der Waals surface area contributed by atoms with E-state index in [2.05, 4.69) is 20.9 Å². The molecule has 0 fully saturated rings. The van der Waals surface area contributed by atoms with E-state index in [1.807, 2.05) is 6.07 Å². The van der Waals surface area contributed by atoms with Crippen LogP contribution in [0, 0.1) is 0 Å². The maximum Gasteiger partial charge on any atom is 0.335 e. The molecule has 0 atom stereocenters. The van der Waals surface area contributed by atoms with Crippen LogP contribution in [0.5, 0.6) is 5.75 Å². The minimum Gasteiger partial charge on any atom is -0.487 e. The zero-order chi connectivity index (χ0) is 13.8. The summed E-state index contributed by atoms with van der Waals surface area (Å²) in [6.45, 7) is 0.304. The molecule has 0 unspecified atom stereocenters. The van der Waals surface area contributed by atoms with Gasteiger partial charge in [0.25, 0.3) is 0 Å². The maximum atomic E-state index is 10.8. The van der Waals surface area contributed by atoms with Crippen LogP contribution in [0.2, 0.25) is 5.02 Å². The number of nitrogens with zero attached hydrogens (tertiary/aromatic N) is 1. The molecule has 4 nitrogen and oxygen atoms in total. The molecule has 0 bridgehead atoms. The van der Waals surface area contributed by atoms with E-state index in [1.165, 1.54) is 18.2 Å². The van der Waals surface area contributed by atoms with Gasteiger partial charge in [-0.3, -0.25) is 4.98 Å². The third-order valence-electron chi connectivity index (χ3n) is 2.33. The van der Waals surface area contributed by atoms with Crippen LogP contribution in [-0.2, 0) is 6.61 Å². The van der Waals surface area contributed by atoms with Gasteiger partial charge in [-0.1, -0.05) is 11.6 Å². The molecule has 0 saturated heterocycles. The van der Waals surface area contributed by atoms with E-state index < -0.39 is 5.97 Å². The first-order valence-corrected chi connectivity index (χ1v) is 6.48. The number of ether oxygens (including phenoxy) is 1. The second-order valence-corrected chi connectivity index (χ2v) is 5.07. The summed E-state index contributed by atoms with van der Waals surface area (Å²) < 4.78 is 6.39. The van der Waals surface area contributed by atoms with Crippen LogP contribution >= 0.6 is 27.5 Å². The molecule has 1 aromatic carbocycles. The third-order valence-corrected chi connectivity index (χ3v) is 3.06. The number of carboxylic acid groups (broad SMARTS) is 1.